The number of nitrogens with one attached hydrogen (secondary N) is 1. The summed E-state index contributed by atoms with van der Waals surface area (Å²) in [6.07, 6.45) is 4.97. The number of rotatable bonds is 7. The van der Waals surface area contributed by atoms with Crippen LogP contribution in [0.15, 0.2) is 42.7 Å². The first-order valence-corrected chi connectivity index (χ1v) is 9.51. The van der Waals surface area contributed by atoms with Crippen LogP contribution in [0.2, 0.25) is 0 Å². The summed E-state index contributed by atoms with van der Waals surface area (Å²) in [6.45, 7) is 5.83. The van der Waals surface area contributed by atoms with E-state index in [4.69, 9.17) is 0 Å². The third kappa shape index (κ3) is 5.40. The van der Waals surface area contributed by atoms with Gasteiger partial charge in [-0.3, -0.25) is 14.5 Å². The standard InChI is InChI=1S/C20H27N5O2/c1-2-21-19(26)16-23-10-12-24(13-11-23)20(27)9-8-17-14-22-25(15-17)18-6-4-3-5-7-18/h3-7,14-15H,2,8-13,16H2,1H3,(H,21,26). The second-order valence-electron chi connectivity index (χ2n) is 6.74. The van der Waals surface area contributed by atoms with E-state index >= 15 is 0 Å². The quantitative estimate of drug-likeness (QED) is 0.793. The molecule has 3 rings (SSSR count). The molecule has 7 nitrogen and oxygen atoms in total. The third-order valence-electron chi connectivity index (χ3n) is 4.75. The fraction of sp³-hybridized carbons (Fsp3) is 0.450. The minimum absolute atomic E-state index is 0.0488. The molecule has 144 valence electrons. The average molecular weight is 369 g/mol. The van der Waals surface area contributed by atoms with E-state index in [2.05, 4.69) is 15.3 Å². The van der Waals surface area contributed by atoms with Crippen molar-refractivity contribution < 1.29 is 9.59 Å². The minimum Gasteiger partial charge on any atom is -0.355 e. The molecule has 1 N–H and O–H groups in total. The minimum atomic E-state index is 0.0488. The van der Waals surface area contributed by atoms with Crippen LogP contribution in [-0.2, 0) is 16.0 Å². The molecule has 0 unspecified atom stereocenters. The molecule has 1 aliphatic heterocycles. The van der Waals surface area contributed by atoms with Gasteiger partial charge in [0.15, 0.2) is 0 Å². The first-order valence-electron chi connectivity index (χ1n) is 9.51. The van der Waals surface area contributed by atoms with Crippen molar-refractivity contribution in [2.45, 2.75) is 19.8 Å². The molecule has 0 radical (unpaired) electrons. The van der Waals surface area contributed by atoms with E-state index in [0.29, 0.717) is 39.0 Å². The van der Waals surface area contributed by atoms with Crippen LogP contribution in [0.25, 0.3) is 5.69 Å². The predicted octanol–water partition coefficient (Wildman–Crippen LogP) is 1.09. The molecule has 27 heavy (non-hydrogen) atoms. The van der Waals surface area contributed by atoms with E-state index in [0.717, 1.165) is 24.3 Å². The number of hydrogen-bond acceptors (Lipinski definition) is 4. The summed E-state index contributed by atoms with van der Waals surface area (Å²) < 4.78 is 1.83. The van der Waals surface area contributed by atoms with Crippen molar-refractivity contribution in [2.24, 2.45) is 0 Å². The summed E-state index contributed by atoms with van der Waals surface area (Å²) >= 11 is 0. The highest BCUT2D eigenvalue weighted by Crippen LogP contribution is 2.11. The highest BCUT2D eigenvalue weighted by molar-refractivity contribution is 5.78. The van der Waals surface area contributed by atoms with E-state index in [1.165, 1.54) is 0 Å². The molecule has 1 aromatic carbocycles. The fourth-order valence-electron chi connectivity index (χ4n) is 3.23. The predicted molar refractivity (Wildman–Crippen MR) is 104 cm³/mol. The number of carbonyl (C=O) groups excluding carboxylic acids is 2. The number of piperazine rings is 1. The van der Waals surface area contributed by atoms with Gasteiger partial charge in [-0.25, -0.2) is 4.68 Å². The van der Waals surface area contributed by atoms with Crippen molar-refractivity contribution in [1.29, 1.82) is 0 Å². The average Bonchev–Trinajstić information content (AvgIpc) is 3.17. The van der Waals surface area contributed by atoms with Crippen LogP contribution in [0.5, 0.6) is 0 Å². The lowest BCUT2D eigenvalue weighted by atomic mass is 10.1. The highest BCUT2D eigenvalue weighted by atomic mass is 16.2. The van der Waals surface area contributed by atoms with Gasteiger partial charge in [0, 0.05) is 45.3 Å². The maximum absolute atomic E-state index is 12.5. The van der Waals surface area contributed by atoms with Crippen molar-refractivity contribution in [3.8, 4) is 5.69 Å². The van der Waals surface area contributed by atoms with Crippen LogP contribution in [0, 0.1) is 0 Å². The van der Waals surface area contributed by atoms with E-state index in [1.54, 1.807) is 0 Å². The molecular weight excluding hydrogens is 342 g/mol. The Labute approximate surface area is 159 Å². The summed E-state index contributed by atoms with van der Waals surface area (Å²) in [5.41, 5.74) is 2.07. The molecule has 7 heteroatoms. The van der Waals surface area contributed by atoms with Gasteiger partial charge < -0.3 is 10.2 Å². The van der Waals surface area contributed by atoms with E-state index in [1.807, 2.05) is 59.2 Å². The van der Waals surface area contributed by atoms with E-state index in [-0.39, 0.29) is 11.8 Å². The lowest BCUT2D eigenvalue weighted by Crippen LogP contribution is -2.51. The van der Waals surface area contributed by atoms with Gasteiger partial charge >= 0.3 is 0 Å². The number of para-hydroxylation sites is 1. The molecule has 1 aromatic heterocycles. The monoisotopic (exact) mass is 369 g/mol. The summed E-state index contributed by atoms with van der Waals surface area (Å²) in [7, 11) is 0. The zero-order valence-electron chi connectivity index (χ0n) is 15.8. The molecule has 0 aliphatic carbocycles. The van der Waals surface area contributed by atoms with Gasteiger partial charge in [-0.1, -0.05) is 18.2 Å². The number of nitrogens with zero attached hydrogens (tertiary/aromatic N) is 4. The number of aromatic nitrogens is 2. The lowest BCUT2D eigenvalue weighted by molar-refractivity contribution is -0.133. The van der Waals surface area contributed by atoms with Crippen LogP contribution < -0.4 is 5.32 Å². The number of likely N-dealkylation sites (N-methyl/N-ethyl adjacent to an activating group) is 1. The zero-order chi connectivity index (χ0) is 19.1. The Bertz CT molecular complexity index is 751. The summed E-state index contributed by atoms with van der Waals surface area (Å²) in [6, 6.07) is 9.93. The number of benzene rings is 1. The summed E-state index contributed by atoms with van der Waals surface area (Å²) in [5.74, 6) is 0.216. The number of carbonyl (C=O) groups is 2. The van der Waals surface area contributed by atoms with E-state index in [9.17, 15) is 9.59 Å². The lowest BCUT2D eigenvalue weighted by Gasteiger charge is -2.34. The number of amides is 2. The van der Waals surface area contributed by atoms with Crippen LogP contribution in [-0.4, -0.2) is 70.7 Å². The van der Waals surface area contributed by atoms with Crippen molar-refractivity contribution in [1.82, 2.24) is 24.9 Å². The molecule has 0 spiro atoms. The third-order valence-corrected chi connectivity index (χ3v) is 4.75. The van der Waals surface area contributed by atoms with Crippen LogP contribution >= 0.6 is 0 Å². The van der Waals surface area contributed by atoms with Crippen LogP contribution in [0.4, 0.5) is 0 Å². The fourth-order valence-corrected chi connectivity index (χ4v) is 3.23. The number of hydrogen-bond donors (Lipinski definition) is 1. The van der Waals surface area contributed by atoms with Gasteiger partial charge in [-0.2, -0.15) is 5.10 Å². The maximum Gasteiger partial charge on any atom is 0.234 e. The van der Waals surface area contributed by atoms with Crippen LogP contribution in [0.1, 0.15) is 18.9 Å². The second-order valence-corrected chi connectivity index (χ2v) is 6.74. The second kappa shape index (κ2) is 9.32. The Morgan fingerprint density at radius 3 is 2.56 bits per heavy atom. The van der Waals surface area contributed by atoms with Gasteiger partial charge in [0.2, 0.25) is 11.8 Å². The summed E-state index contributed by atoms with van der Waals surface area (Å²) in [5, 5.41) is 7.19. The van der Waals surface area contributed by atoms with Crippen molar-refractivity contribution in [3.05, 3.63) is 48.3 Å². The van der Waals surface area contributed by atoms with Crippen molar-refractivity contribution in [3.63, 3.8) is 0 Å². The molecule has 2 amide bonds. The van der Waals surface area contributed by atoms with Gasteiger partial charge in [0.25, 0.3) is 0 Å². The molecule has 0 atom stereocenters. The molecule has 2 heterocycles. The molecule has 0 saturated carbocycles. The van der Waals surface area contributed by atoms with Crippen LogP contribution in [0.3, 0.4) is 0 Å². The number of aryl methyl sites for hydroxylation is 1. The highest BCUT2D eigenvalue weighted by Gasteiger charge is 2.22. The zero-order valence-corrected chi connectivity index (χ0v) is 15.8. The Balaban J connectivity index is 1.43. The molecule has 1 fully saturated rings. The Morgan fingerprint density at radius 2 is 1.85 bits per heavy atom. The van der Waals surface area contributed by atoms with Gasteiger partial charge in [0.1, 0.15) is 0 Å². The van der Waals surface area contributed by atoms with Gasteiger partial charge in [-0.05, 0) is 31.0 Å². The first-order chi connectivity index (χ1) is 13.2. The normalized spacial score (nSPS) is 14.9. The molecule has 2 aromatic rings. The maximum atomic E-state index is 12.5. The Hall–Kier alpha value is -2.67. The molecule has 0 bridgehead atoms. The van der Waals surface area contributed by atoms with Crippen molar-refractivity contribution >= 4 is 11.8 Å². The molecule has 1 aliphatic rings. The van der Waals surface area contributed by atoms with Gasteiger partial charge in [0.05, 0.1) is 18.4 Å². The summed E-state index contributed by atoms with van der Waals surface area (Å²) in [4.78, 5) is 28.1. The SMILES string of the molecule is CCNC(=O)CN1CCN(C(=O)CCc2cnn(-c3ccccc3)c2)CC1. The Kier molecular flexibility index (Phi) is 6.59. The van der Waals surface area contributed by atoms with E-state index < -0.39 is 0 Å². The van der Waals surface area contributed by atoms with Crippen molar-refractivity contribution in [2.75, 3.05) is 39.3 Å². The smallest absolute Gasteiger partial charge is 0.234 e. The Morgan fingerprint density at radius 1 is 1.11 bits per heavy atom. The molecule has 1 saturated heterocycles. The first kappa shape index (κ1) is 19.1. The largest absolute Gasteiger partial charge is 0.355 e. The van der Waals surface area contributed by atoms with Gasteiger partial charge in [-0.15, -0.1) is 0 Å². The topological polar surface area (TPSA) is 70.5 Å². The molecular formula is C20H27N5O2.